The third-order valence-electron chi connectivity index (χ3n) is 4.07. The molecule has 108 valence electrons. The van der Waals surface area contributed by atoms with Gasteiger partial charge in [0, 0.05) is 38.4 Å². The lowest BCUT2D eigenvalue weighted by atomic mass is 9.97. The number of aryl methyl sites for hydroxylation is 1. The standard InChI is InChI=1S/C15H28N4/c1-3-8-16-12-14-5-4-10-19(13-14)11-7-15-6-9-17-18(15)2/h6,9,14,16H,3-5,7-8,10-13H2,1-2H3. The number of nitrogens with one attached hydrogen (secondary N) is 1. The summed E-state index contributed by atoms with van der Waals surface area (Å²) in [4.78, 5) is 2.62. The van der Waals surface area contributed by atoms with E-state index in [9.17, 15) is 0 Å². The van der Waals surface area contributed by atoms with E-state index in [0.717, 1.165) is 18.9 Å². The summed E-state index contributed by atoms with van der Waals surface area (Å²) in [5.41, 5.74) is 1.34. The van der Waals surface area contributed by atoms with Crippen LogP contribution in [0.1, 0.15) is 31.9 Å². The minimum absolute atomic E-state index is 0.840. The maximum Gasteiger partial charge on any atom is 0.0492 e. The molecule has 1 saturated heterocycles. The maximum atomic E-state index is 4.23. The molecule has 4 nitrogen and oxygen atoms in total. The fourth-order valence-corrected chi connectivity index (χ4v) is 2.92. The largest absolute Gasteiger partial charge is 0.316 e. The van der Waals surface area contributed by atoms with Gasteiger partial charge >= 0.3 is 0 Å². The molecular formula is C15H28N4. The molecule has 0 bridgehead atoms. The molecule has 0 aromatic carbocycles. The van der Waals surface area contributed by atoms with Crippen molar-refractivity contribution < 1.29 is 0 Å². The van der Waals surface area contributed by atoms with Crippen LogP contribution in [0.2, 0.25) is 0 Å². The second-order valence-corrected chi connectivity index (χ2v) is 5.71. The molecule has 0 radical (unpaired) electrons. The van der Waals surface area contributed by atoms with Crippen LogP contribution in [0.4, 0.5) is 0 Å². The molecule has 1 N–H and O–H groups in total. The van der Waals surface area contributed by atoms with E-state index in [4.69, 9.17) is 0 Å². The average molecular weight is 264 g/mol. The quantitative estimate of drug-likeness (QED) is 0.761. The lowest BCUT2D eigenvalue weighted by Gasteiger charge is -2.32. The van der Waals surface area contributed by atoms with Gasteiger partial charge in [-0.05, 0) is 50.9 Å². The second kappa shape index (κ2) is 7.65. The molecule has 0 spiro atoms. The van der Waals surface area contributed by atoms with Crippen molar-refractivity contribution in [1.29, 1.82) is 0 Å². The number of nitrogens with zero attached hydrogens (tertiary/aromatic N) is 3. The van der Waals surface area contributed by atoms with Gasteiger partial charge < -0.3 is 10.2 Å². The summed E-state index contributed by atoms with van der Waals surface area (Å²) in [5.74, 6) is 0.840. The molecule has 2 rings (SSSR count). The first-order valence-corrected chi connectivity index (χ1v) is 7.69. The van der Waals surface area contributed by atoms with Crippen LogP contribution in [0.5, 0.6) is 0 Å². The zero-order valence-electron chi connectivity index (χ0n) is 12.4. The Morgan fingerprint density at radius 2 is 2.37 bits per heavy atom. The van der Waals surface area contributed by atoms with Crippen molar-refractivity contribution in [3.8, 4) is 0 Å². The Balaban J connectivity index is 1.70. The molecule has 1 aromatic rings. The van der Waals surface area contributed by atoms with Crippen molar-refractivity contribution >= 4 is 0 Å². The third-order valence-corrected chi connectivity index (χ3v) is 4.07. The Labute approximate surface area is 117 Å². The summed E-state index contributed by atoms with van der Waals surface area (Å²) in [6.07, 6.45) is 6.98. The number of piperidine rings is 1. The van der Waals surface area contributed by atoms with E-state index in [1.54, 1.807) is 0 Å². The van der Waals surface area contributed by atoms with Gasteiger partial charge in [0.15, 0.2) is 0 Å². The lowest BCUT2D eigenvalue weighted by Crippen LogP contribution is -2.40. The molecular weight excluding hydrogens is 236 g/mol. The molecule has 1 aliphatic rings. The van der Waals surface area contributed by atoms with Gasteiger partial charge in [-0.25, -0.2) is 0 Å². The molecule has 1 fully saturated rings. The van der Waals surface area contributed by atoms with E-state index in [-0.39, 0.29) is 0 Å². The Morgan fingerprint density at radius 1 is 1.47 bits per heavy atom. The van der Waals surface area contributed by atoms with Gasteiger partial charge in [0.1, 0.15) is 0 Å². The molecule has 1 unspecified atom stereocenters. The van der Waals surface area contributed by atoms with Crippen LogP contribution in [0, 0.1) is 5.92 Å². The summed E-state index contributed by atoms with van der Waals surface area (Å²) >= 11 is 0. The van der Waals surface area contributed by atoms with E-state index >= 15 is 0 Å². The van der Waals surface area contributed by atoms with Gasteiger partial charge in [0.25, 0.3) is 0 Å². The van der Waals surface area contributed by atoms with Gasteiger partial charge in [-0.3, -0.25) is 4.68 Å². The maximum absolute atomic E-state index is 4.23. The smallest absolute Gasteiger partial charge is 0.0492 e. The highest BCUT2D eigenvalue weighted by Crippen LogP contribution is 2.16. The minimum atomic E-state index is 0.840. The van der Waals surface area contributed by atoms with Crippen LogP contribution in [-0.2, 0) is 13.5 Å². The first-order chi connectivity index (χ1) is 9.29. The van der Waals surface area contributed by atoms with E-state index in [1.807, 2.05) is 17.9 Å². The molecule has 1 aromatic heterocycles. The van der Waals surface area contributed by atoms with Gasteiger partial charge in [-0.1, -0.05) is 6.92 Å². The fourth-order valence-electron chi connectivity index (χ4n) is 2.92. The zero-order valence-corrected chi connectivity index (χ0v) is 12.4. The first kappa shape index (κ1) is 14.5. The number of aromatic nitrogens is 2. The summed E-state index contributed by atoms with van der Waals surface area (Å²) < 4.78 is 1.99. The summed E-state index contributed by atoms with van der Waals surface area (Å²) in [5, 5.41) is 7.80. The number of likely N-dealkylation sites (tertiary alicyclic amines) is 1. The normalized spacial score (nSPS) is 20.8. The predicted molar refractivity (Wildman–Crippen MR) is 79.2 cm³/mol. The van der Waals surface area contributed by atoms with Gasteiger partial charge in [-0.2, -0.15) is 5.10 Å². The second-order valence-electron chi connectivity index (χ2n) is 5.71. The van der Waals surface area contributed by atoms with E-state index in [2.05, 4.69) is 28.3 Å². The molecule has 0 saturated carbocycles. The van der Waals surface area contributed by atoms with E-state index in [1.165, 1.54) is 51.1 Å². The monoisotopic (exact) mass is 264 g/mol. The number of hydrogen-bond donors (Lipinski definition) is 1. The van der Waals surface area contributed by atoms with E-state index in [0.29, 0.717) is 0 Å². The predicted octanol–water partition coefficient (Wildman–Crippen LogP) is 1.67. The lowest BCUT2D eigenvalue weighted by molar-refractivity contribution is 0.173. The van der Waals surface area contributed by atoms with Crippen LogP contribution < -0.4 is 5.32 Å². The Kier molecular flexibility index (Phi) is 5.86. The average Bonchev–Trinajstić information content (AvgIpc) is 2.83. The van der Waals surface area contributed by atoms with Crippen LogP contribution in [0.25, 0.3) is 0 Å². The molecule has 1 aliphatic heterocycles. The molecule has 19 heavy (non-hydrogen) atoms. The van der Waals surface area contributed by atoms with Crippen molar-refractivity contribution in [3.63, 3.8) is 0 Å². The van der Waals surface area contributed by atoms with Crippen molar-refractivity contribution in [2.45, 2.75) is 32.6 Å². The zero-order chi connectivity index (χ0) is 13.5. The van der Waals surface area contributed by atoms with Gasteiger partial charge in [0.2, 0.25) is 0 Å². The minimum Gasteiger partial charge on any atom is -0.316 e. The van der Waals surface area contributed by atoms with Gasteiger partial charge in [-0.15, -0.1) is 0 Å². The SMILES string of the molecule is CCCNCC1CCCN(CCc2ccnn2C)C1. The van der Waals surface area contributed by atoms with Crippen LogP contribution in [0.15, 0.2) is 12.3 Å². The highest BCUT2D eigenvalue weighted by Gasteiger charge is 2.19. The van der Waals surface area contributed by atoms with Crippen molar-refractivity contribution in [2.75, 3.05) is 32.7 Å². The third kappa shape index (κ3) is 4.62. The molecule has 2 heterocycles. The van der Waals surface area contributed by atoms with Crippen molar-refractivity contribution in [2.24, 2.45) is 13.0 Å². The topological polar surface area (TPSA) is 33.1 Å². The van der Waals surface area contributed by atoms with Crippen LogP contribution in [-0.4, -0.2) is 47.4 Å². The van der Waals surface area contributed by atoms with Crippen LogP contribution >= 0.6 is 0 Å². The fraction of sp³-hybridized carbons (Fsp3) is 0.800. The summed E-state index contributed by atoms with van der Waals surface area (Å²) in [7, 11) is 2.03. The highest BCUT2D eigenvalue weighted by molar-refractivity contribution is 5.00. The van der Waals surface area contributed by atoms with Crippen LogP contribution in [0.3, 0.4) is 0 Å². The molecule has 4 heteroatoms. The van der Waals surface area contributed by atoms with E-state index < -0.39 is 0 Å². The Morgan fingerprint density at radius 3 is 3.11 bits per heavy atom. The molecule has 0 amide bonds. The summed E-state index contributed by atoms with van der Waals surface area (Å²) in [6, 6.07) is 2.13. The number of hydrogen-bond acceptors (Lipinski definition) is 3. The first-order valence-electron chi connectivity index (χ1n) is 7.69. The molecule has 0 aliphatic carbocycles. The van der Waals surface area contributed by atoms with Crippen molar-refractivity contribution in [1.82, 2.24) is 20.0 Å². The Hall–Kier alpha value is -0.870. The highest BCUT2D eigenvalue weighted by atomic mass is 15.3. The number of rotatable bonds is 7. The summed E-state index contributed by atoms with van der Waals surface area (Å²) in [6.45, 7) is 8.27. The van der Waals surface area contributed by atoms with Crippen molar-refractivity contribution in [3.05, 3.63) is 18.0 Å². The van der Waals surface area contributed by atoms with Gasteiger partial charge in [0.05, 0.1) is 0 Å². The Bertz CT molecular complexity index is 361. The molecule has 1 atom stereocenters.